The van der Waals surface area contributed by atoms with Crippen molar-refractivity contribution in [3.05, 3.63) is 0 Å². The molecule has 10 heteroatoms. The van der Waals surface area contributed by atoms with Crippen molar-refractivity contribution < 1.29 is 27.6 Å². The molecule has 5 amide bonds. The largest absolute Gasteiger partial charge is 0.405 e. The summed E-state index contributed by atoms with van der Waals surface area (Å²) in [5, 5.41) is 6.24. The van der Waals surface area contributed by atoms with Gasteiger partial charge in [-0.3, -0.25) is 10.1 Å². The lowest BCUT2D eigenvalue weighted by Gasteiger charge is -2.37. The maximum atomic E-state index is 12.0. The summed E-state index contributed by atoms with van der Waals surface area (Å²) in [6.45, 7) is -1.35. The van der Waals surface area contributed by atoms with Gasteiger partial charge in [-0.2, -0.15) is 13.2 Å². The highest BCUT2D eigenvalue weighted by Crippen LogP contribution is 2.24. The summed E-state index contributed by atoms with van der Waals surface area (Å²) in [7, 11) is 0. The molecule has 3 N–H and O–H groups in total. The SMILES string of the molecule is O=C1NC(=O)C2(CCCN(C(=O)NCC(F)(F)F)C2)N1. The lowest BCUT2D eigenvalue weighted by molar-refractivity contribution is -0.126. The van der Waals surface area contributed by atoms with E-state index < -0.39 is 36.2 Å². The molecule has 2 fully saturated rings. The molecule has 2 heterocycles. The first-order valence-corrected chi connectivity index (χ1v) is 5.95. The van der Waals surface area contributed by atoms with Crippen molar-refractivity contribution in [1.82, 2.24) is 20.9 Å². The van der Waals surface area contributed by atoms with Gasteiger partial charge in [0.2, 0.25) is 0 Å². The first kappa shape index (κ1) is 14.4. The molecule has 20 heavy (non-hydrogen) atoms. The lowest BCUT2D eigenvalue weighted by Crippen LogP contribution is -2.61. The lowest BCUT2D eigenvalue weighted by atomic mass is 9.89. The molecule has 1 spiro atoms. The first-order valence-electron chi connectivity index (χ1n) is 5.95. The zero-order chi connectivity index (χ0) is 15.0. The van der Waals surface area contributed by atoms with Crippen molar-refractivity contribution in [2.75, 3.05) is 19.6 Å². The third-order valence-corrected chi connectivity index (χ3v) is 3.23. The van der Waals surface area contributed by atoms with E-state index in [0.717, 1.165) is 4.90 Å². The van der Waals surface area contributed by atoms with Gasteiger partial charge in [0.15, 0.2) is 0 Å². The molecule has 2 saturated heterocycles. The van der Waals surface area contributed by atoms with Gasteiger partial charge in [-0.1, -0.05) is 0 Å². The molecule has 1 atom stereocenters. The summed E-state index contributed by atoms with van der Waals surface area (Å²) in [4.78, 5) is 35.6. The maximum Gasteiger partial charge on any atom is 0.405 e. The number of hydrogen-bond acceptors (Lipinski definition) is 3. The average molecular weight is 294 g/mol. The van der Waals surface area contributed by atoms with Crippen LogP contribution in [0.4, 0.5) is 22.8 Å². The summed E-state index contributed by atoms with van der Waals surface area (Å²) in [5.41, 5.74) is -1.23. The van der Waals surface area contributed by atoms with Gasteiger partial charge in [0.05, 0.1) is 6.54 Å². The van der Waals surface area contributed by atoms with Crippen LogP contribution in [0.3, 0.4) is 0 Å². The van der Waals surface area contributed by atoms with Gasteiger partial charge in [-0.25, -0.2) is 9.59 Å². The van der Waals surface area contributed by atoms with Crippen LogP contribution in [0.2, 0.25) is 0 Å². The topological polar surface area (TPSA) is 90.5 Å². The monoisotopic (exact) mass is 294 g/mol. The zero-order valence-electron chi connectivity index (χ0n) is 10.3. The van der Waals surface area contributed by atoms with Crippen LogP contribution < -0.4 is 16.0 Å². The van der Waals surface area contributed by atoms with E-state index in [2.05, 4.69) is 10.6 Å². The number of carbonyl (C=O) groups is 3. The van der Waals surface area contributed by atoms with E-state index in [1.807, 2.05) is 0 Å². The van der Waals surface area contributed by atoms with E-state index in [9.17, 15) is 27.6 Å². The number of halogens is 3. The number of likely N-dealkylation sites (tertiary alicyclic amines) is 1. The summed E-state index contributed by atoms with van der Waals surface area (Å²) in [6, 6.07) is -1.57. The molecule has 0 aromatic heterocycles. The van der Waals surface area contributed by atoms with Gasteiger partial charge in [-0.15, -0.1) is 0 Å². The van der Waals surface area contributed by atoms with Crippen LogP contribution in [0, 0.1) is 0 Å². The molecular weight excluding hydrogens is 281 g/mol. The van der Waals surface area contributed by atoms with Gasteiger partial charge in [-0.05, 0) is 12.8 Å². The molecule has 2 aliphatic rings. The van der Waals surface area contributed by atoms with Crippen molar-refractivity contribution in [2.45, 2.75) is 24.6 Å². The third-order valence-electron chi connectivity index (χ3n) is 3.23. The van der Waals surface area contributed by atoms with Crippen molar-refractivity contribution >= 4 is 18.0 Å². The van der Waals surface area contributed by atoms with Crippen LogP contribution in [0.1, 0.15) is 12.8 Å². The van der Waals surface area contributed by atoms with Crippen molar-refractivity contribution in [3.63, 3.8) is 0 Å². The van der Waals surface area contributed by atoms with E-state index >= 15 is 0 Å². The average Bonchev–Trinajstić information content (AvgIpc) is 2.60. The number of urea groups is 2. The Morgan fingerprint density at radius 2 is 2.10 bits per heavy atom. The van der Waals surface area contributed by atoms with Crippen molar-refractivity contribution in [1.29, 1.82) is 0 Å². The van der Waals surface area contributed by atoms with Crippen LogP contribution in [0.15, 0.2) is 0 Å². The van der Waals surface area contributed by atoms with Crippen LogP contribution in [-0.4, -0.2) is 54.2 Å². The second-order valence-electron chi connectivity index (χ2n) is 4.79. The van der Waals surface area contributed by atoms with Gasteiger partial charge >= 0.3 is 18.2 Å². The second-order valence-corrected chi connectivity index (χ2v) is 4.79. The molecule has 7 nitrogen and oxygen atoms in total. The number of rotatable bonds is 1. The van der Waals surface area contributed by atoms with E-state index in [4.69, 9.17) is 0 Å². The normalized spacial score (nSPS) is 26.4. The fourth-order valence-electron chi connectivity index (χ4n) is 2.33. The summed E-state index contributed by atoms with van der Waals surface area (Å²) in [6.07, 6.45) is -3.75. The number of imide groups is 1. The van der Waals surface area contributed by atoms with Crippen molar-refractivity contribution in [2.24, 2.45) is 0 Å². The van der Waals surface area contributed by atoms with Crippen LogP contribution >= 0.6 is 0 Å². The Balaban J connectivity index is 1.99. The number of carbonyl (C=O) groups excluding carboxylic acids is 3. The smallest absolute Gasteiger partial charge is 0.329 e. The quantitative estimate of drug-likeness (QED) is 0.591. The molecule has 2 aliphatic heterocycles. The van der Waals surface area contributed by atoms with Crippen molar-refractivity contribution in [3.8, 4) is 0 Å². The molecule has 0 bridgehead atoms. The Hall–Kier alpha value is -2.00. The predicted octanol–water partition coefficient (Wildman–Crippen LogP) is -0.0677. The highest BCUT2D eigenvalue weighted by atomic mass is 19.4. The fourth-order valence-corrected chi connectivity index (χ4v) is 2.33. The molecule has 2 rings (SSSR count). The highest BCUT2D eigenvalue weighted by Gasteiger charge is 2.49. The number of nitrogens with zero attached hydrogens (tertiary/aromatic N) is 1. The molecule has 1 unspecified atom stereocenters. The molecule has 0 radical (unpaired) electrons. The predicted molar refractivity (Wildman–Crippen MR) is 59.7 cm³/mol. The van der Waals surface area contributed by atoms with Gasteiger partial charge in [0, 0.05) is 6.54 Å². The third kappa shape index (κ3) is 2.94. The second kappa shape index (κ2) is 4.84. The van der Waals surface area contributed by atoms with Crippen LogP contribution in [0.25, 0.3) is 0 Å². The Morgan fingerprint density at radius 1 is 1.40 bits per heavy atom. The Kier molecular flexibility index (Phi) is 3.48. The van der Waals surface area contributed by atoms with E-state index in [1.54, 1.807) is 5.32 Å². The fraction of sp³-hybridized carbons (Fsp3) is 0.700. The Labute approximate surface area is 111 Å². The van der Waals surface area contributed by atoms with Crippen LogP contribution in [0.5, 0.6) is 0 Å². The number of alkyl halides is 3. The van der Waals surface area contributed by atoms with E-state index in [0.29, 0.717) is 12.8 Å². The first-order chi connectivity index (χ1) is 9.22. The van der Waals surface area contributed by atoms with Gasteiger partial charge < -0.3 is 15.5 Å². The number of amides is 5. The van der Waals surface area contributed by atoms with E-state index in [1.165, 1.54) is 0 Å². The zero-order valence-corrected chi connectivity index (χ0v) is 10.3. The van der Waals surface area contributed by atoms with Crippen LogP contribution in [-0.2, 0) is 4.79 Å². The minimum Gasteiger partial charge on any atom is -0.329 e. The molecule has 0 aromatic carbocycles. The maximum absolute atomic E-state index is 12.0. The van der Waals surface area contributed by atoms with Gasteiger partial charge in [0.1, 0.15) is 12.1 Å². The van der Waals surface area contributed by atoms with Gasteiger partial charge in [0.25, 0.3) is 5.91 Å². The molecular formula is C10H13F3N4O3. The highest BCUT2D eigenvalue weighted by molar-refractivity contribution is 6.07. The standard InChI is InChI=1S/C10H13F3N4O3/c11-10(12,13)4-14-8(20)17-3-1-2-9(5-17)6(18)15-7(19)16-9/h1-5H2,(H,14,20)(H2,15,16,18,19). The molecule has 0 saturated carbocycles. The Bertz CT molecular complexity index is 454. The summed E-state index contributed by atoms with van der Waals surface area (Å²) >= 11 is 0. The molecule has 112 valence electrons. The minimum atomic E-state index is -4.50. The molecule has 0 aromatic rings. The molecule has 0 aliphatic carbocycles. The number of piperidine rings is 1. The minimum absolute atomic E-state index is 0.145. The summed E-state index contributed by atoms with van der Waals surface area (Å²) < 4.78 is 36.1. The number of hydrogen-bond donors (Lipinski definition) is 3. The van der Waals surface area contributed by atoms with E-state index in [-0.39, 0.29) is 13.1 Å². The summed E-state index contributed by atoms with van der Waals surface area (Å²) in [5.74, 6) is -0.559. The number of nitrogens with one attached hydrogen (secondary N) is 3. The Morgan fingerprint density at radius 3 is 2.65 bits per heavy atom.